The van der Waals surface area contributed by atoms with Crippen LogP contribution in [0.4, 0.5) is 11.4 Å². The number of likely N-dealkylation sites (tertiary alicyclic amines) is 2. The number of isocyanates is 2. The van der Waals surface area contributed by atoms with Crippen molar-refractivity contribution >= 4 is 52.0 Å². The number of aliphatic imine (C=N–C) groups is 2. The summed E-state index contributed by atoms with van der Waals surface area (Å²) >= 11 is 0. The molecule has 0 N–H and O–H groups in total. The van der Waals surface area contributed by atoms with Gasteiger partial charge in [0.05, 0.1) is 62.9 Å². The first-order valence-corrected chi connectivity index (χ1v) is 27.3. The number of benzene rings is 2. The minimum Gasteiger partial charge on any atom is -0.496 e. The van der Waals surface area contributed by atoms with Crippen molar-refractivity contribution in [2.75, 3.05) is 47.1 Å². The lowest BCUT2D eigenvalue weighted by molar-refractivity contribution is -0.206. The second-order valence-corrected chi connectivity index (χ2v) is 28.7. The summed E-state index contributed by atoms with van der Waals surface area (Å²) in [5, 5.41) is 0.107. The molecule has 2 aromatic carbocycles. The van der Waals surface area contributed by atoms with Crippen LogP contribution in [0.25, 0.3) is 0 Å². The molecule has 0 bridgehead atoms. The molecule has 0 aromatic heterocycles. The number of unbranched alkanes of at least 4 members (excludes halogenated alkanes) is 2. The smallest absolute Gasteiger partial charge is 0.258 e. The Labute approximate surface area is 364 Å². The normalized spacial score (nSPS) is 17.2. The Morgan fingerprint density at radius 3 is 1.64 bits per heavy atom. The van der Waals surface area contributed by atoms with Crippen LogP contribution < -0.4 is 14.4 Å². The number of hydrogen-bond donors (Lipinski definition) is 0. The molecular formula is C45H68N4O10Si2. The van der Waals surface area contributed by atoms with Gasteiger partial charge in [-0.3, -0.25) is 9.59 Å². The number of nitrogens with zero attached hydrogens (tertiary/aromatic N) is 4. The first-order chi connectivity index (χ1) is 28.7. The molecule has 61 heavy (non-hydrogen) atoms. The fourth-order valence-corrected chi connectivity index (χ4v) is 9.14. The highest BCUT2D eigenvalue weighted by molar-refractivity contribution is 6.74. The van der Waals surface area contributed by atoms with Crippen molar-refractivity contribution in [1.29, 1.82) is 0 Å². The van der Waals surface area contributed by atoms with Crippen LogP contribution >= 0.6 is 0 Å². The van der Waals surface area contributed by atoms with E-state index in [1.54, 1.807) is 24.3 Å². The molecule has 2 aromatic rings. The maximum atomic E-state index is 14.0. The van der Waals surface area contributed by atoms with Gasteiger partial charge in [-0.05, 0) is 105 Å². The minimum atomic E-state index is -2.02. The van der Waals surface area contributed by atoms with Gasteiger partial charge in [0, 0.05) is 19.2 Å². The summed E-state index contributed by atoms with van der Waals surface area (Å²) in [5.41, 5.74) is 1.83. The van der Waals surface area contributed by atoms with Gasteiger partial charge in [-0.25, -0.2) is 9.59 Å². The average molecular weight is 881 g/mol. The fourth-order valence-electron chi connectivity index (χ4n) is 7.05. The van der Waals surface area contributed by atoms with Crippen molar-refractivity contribution in [2.24, 2.45) is 9.98 Å². The molecule has 0 spiro atoms. The predicted octanol–water partition coefficient (Wildman–Crippen LogP) is 9.61. The van der Waals surface area contributed by atoms with Crippen LogP contribution in [0, 0.1) is 0 Å². The maximum Gasteiger partial charge on any atom is 0.258 e. The largest absolute Gasteiger partial charge is 0.496 e. The van der Waals surface area contributed by atoms with Crippen LogP contribution in [-0.4, -0.2) is 110 Å². The zero-order valence-corrected chi connectivity index (χ0v) is 40.5. The van der Waals surface area contributed by atoms with E-state index in [1.165, 1.54) is 26.4 Å². The van der Waals surface area contributed by atoms with Crippen LogP contribution in [-0.2, 0) is 29.7 Å². The summed E-state index contributed by atoms with van der Waals surface area (Å²) < 4.78 is 24.3. The Kier molecular flexibility index (Phi) is 17.3. The van der Waals surface area contributed by atoms with E-state index in [0.717, 1.165) is 37.7 Å². The molecule has 336 valence electrons. The predicted molar refractivity (Wildman–Crippen MR) is 240 cm³/mol. The van der Waals surface area contributed by atoms with Crippen molar-refractivity contribution in [3.63, 3.8) is 0 Å². The summed E-state index contributed by atoms with van der Waals surface area (Å²) in [4.78, 5) is 73.3. The van der Waals surface area contributed by atoms with Gasteiger partial charge in [0.25, 0.3) is 11.8 Å². The van der Waals surface area contributed by atoms with E-state index in [9.17, 15) is 19.2 Å². The Morgan fingerprint density at radius 2 is 1.16 bits per heavy atom. The van der Waals surface area contributed by atoms with Gasteiger partial charge < -0.3 is 33.0 Å². The summed E-state index contributed by atoms with van der Waals surface area (Å²) in [5.74, 6) is 0.379. The number of rotatable bonds is 20. The number of aryl methyl sites for hydroxylation is 1. The highest BCUT2D eigenvalue weighted by Crippen LogP contribution is 2.40. The van der Waals surface area contributed by atoms with Crippen molar-refractivity contribution in [3.05, 3.63) is 41.0 Å². The fraction of sp³-hybridized carbons (Fsp3) is 0.644. The first-order valence-electron chi connectivity index (χ1n) is 21.5. The number of methoxy groups -OCH3 is 2. The molecule has 2 aliphatic rings. The molecule has 0 aliphatic carbocycles. The van der Waals surface area contributed by atoms with E-state index in [2.05, 4.69) is 77.7 Å². The van der Waals surface area contributed by atoms with Gasteiger partial charge in [-0.1, -0.05) is 48.0 Å². The quantitative estimate of drug-likeness (QED) is 0.0314. The van der Waals surface area contributed by atoms with Gasteiger partial charge in [-0.15, -0.1) is 0 Å². The van der Waals surface area contributed by atoms with E-state index in [0.29, 0.717) is 62.6 Å². The van der Waals surface area contributed by atoms with Crippen LogP contribution in [0.3, 0.4) is 0 Å². The zero-order valence-electron chi connectivity index (χ0n) is 38.5. The molecule has 2 aliphatic heterocycles. The summed E-state index contributed by atoms with van der Waals surface area (Å²) in [7, 11) is -1.03. The van der Waals surface area contributed by atoms with E-state index in [1.807, 2.05) is 9.80 Å². The third kappa shape index (κ3) is 12.5. The van der Waals surface area contributed by atoms with Crippen molar-refractivity contribution in [1.82, 2.24) is 9.80 Å². The summed E-state index contributed by atoms with van der Waals surface area (Å²) in [6.45, 7) is 24.3. The molecule has 2 atom stereocenters. The monoisotopic (exact) mass is 880 g/mol. The lowest BCUT2D eigenvalue weighted by atomic mass is 10.0. The van der Waals surface area contributed by atoms with Gasteiger partial charge >= 0.3 is 0 Å². The number of amides is 2. The van der Waals surface area contributed by atoms with Crippen LogP contribution in [0.1, 0.15) is 113 Å². The molecule has 0 unspecified atom stereocenters. The molecule has 0 saturated carbocycles. The molecule has 16 heteroatoms. The third-order valence-electron chi connectivity index (χ3n) is 13.0. The highest BCUT2D eigenvalue weighted by atomic mass is 28.4. The second kappa shape index (κ2) is 21.3. The molecule has 14 nitrogen and oxygen atoms in total. The standard InChI is InChI=1S/C45H68N4O10Si2/c1-44(2,3)60(9,10)57-28-33-19-16-21-48(33)42(52)35-25-37(46-30-50)32(24-39(35)54-7)18-14-13-15-23-56-59-41-27-40(55-8)36(26-38(41)47-31-51)43(53)49-22-17-20-34(49)29-58-61(11,12)45(4,5)6/h24-27,33-34H,13-23,28-29H2,1-12H3/t33-,34-/m0/s1. The lowest BCUT2D eigenvalue weighted by Crippen LogP contribution is -2.46. The summed E-state index contributed by atoms with van der Waals surface area (Å²) in [6.07, 6.45) is 9.24. The molecule has 0 radical (unpaired) electrons. The van der Waals surface area contributed by atoms with Crippen molar-refractivity contribution in [3.8, 4) is 17.2 Å². The van der Waals surface area contributed by atoms with Crippen LogP contribution in [0.2, 0.25) is 36.3 Å². The van der Waals surface area contributed by atoms with E-state index in [-0.39, 0.29) is 63.3 Å². The van der Waals surface area contributed by atoms with Crippen molar-refractivity contribution in [2.45, 2.75) is 141 Å². The Morgan fingerprint density at radius 1 is 0.689 bits per heavy atom. The molecule has 2 fully saturated rings. The van der Waals surface area contributed by atoms with Gasteiger partial charge in [-0.2, -0.15) is 14.9 Å². The van der Waals surface area contributed by atoms with E-state index in [4.69, 9.17) is 28.1 Å². The molecule has 2 amide bonds. The Bertz CT molecular complexity index is 1810. The average Bonchev–Trinajstić information content (AvgIpc) is 3.88. The lowest BCUT2D eigenvalue weighted by Gasteiger charge is -2.38. The van der Waals surface area contributed by atoms with Crippen LogP contribution in [0.15, 0.2) is 34.3 Å². The Hall–Kier alpha value is -4.15. The number of hydrogen-bond acceptors (Lipinski definition) is 12. The highest BCUT2D eigenvalue weighted by Gasteiger charge is 2.41. The summed E-state index contributed by atoms with van der Waals surface area (Å²) in [6, 6.07) is 6.24. The Balaban J connectivity index is 1.35. The number of ether oxygens (including phenoxy) is 2. The van der Waals surface area contributed by atoms with Gasteiger partial charge in [0.1, 0.15) is 17.2 Å². The van der Waals surface area contributed by atoms with Crippen molar-refractivity contribution < 1.29 is 47.3 Å². The minimum absolute atomic E-state index is 0.0450. The van der Waals surface area contributed by atoms with Gasteiger partial charge in [0.2, 0.25) is 12.2 Å². The molecular weight excluding hydrogens is 813 g/mol. The molecule has 2 saturated heterocycles. The number of carbonyl (C=O) groups is 2. The SMILES string of the molecule is COc1cc(CCCCCOOc2cc(OC)c(C(=O)N3CCC[C@H]3CO[Si](C)(C)C(C)(C)C)cc2N=C=O)c(N=C=O)cc1C(=O)N1CCC[C@H]1CO[Si](C)(C)C(C)(C)C. The molecule has 2 heterocycles. The van der Waals surface area contributed by atoms with E-state index >= 15 is 0 Å². The van der Waals surface area contributed by atoms with E-state index < -0.39 is 16.6 Å². The maximum absolute atomic E-state index is 14.0. The second-order valence-electron chi connectivity index (χ2n) is 19.1. The number of carbonyl (C=O) groups excluding carboxylic acids is 4. The van der Waals surface area contributed by atoms with Gasteiger partial charge in [0.15, 0.2) is 22.4 Å². The topological polar surface area (TPSA) is 155 Å². The zero-order chi connectivity index (χ0) is 45.2. The molecule has 4 rings (SSSR count). The van der Waals surface area contributed by atoms with Crippen LogP contribution in [0.5, 0.6) is 17.2 Å². The third-order valence-corrected chi connectivity index (χ3v) is 22.0. The first kappa shape index (κ1) is 49.5.